The van der Waals surface area contributed by atoms with Crippen molar-refractivity contribution in [2.45, 2.75) is 12.8 Å². The smallest absolute Gasteiger partial charge is 0.303 e. The summed E-state index contributed by atoms with van der Waals surface area (Å²) in [6.07, 6.45) is -1.63. The fourth-order valence-electron chi connectivity index (χ4n) is 0.282. The second kappa shape index (κ2) is 3.88. The number of aliphatic carboxylic acids is 1. The van der Waals surface area contributed by atoms with Crippen LogP contribution in [0.4, 0.5) is 0 Å². The first-order valence-electron chi connectivity index (χ1n) is 3.01. The van der Waals surface area contributed by atoms with Gasteiger partial charge in [0.05, 0.1) is 6.40 Å². The van der Waals surface area contributed by atoms with Crippen LogP contribution < -0.4 is 5.32 Å². The van der Waals surface area contributed by atoms with Crippen LogP contribution in [0.25, 0.3) is 0 Å². The van der Waals surface area contributed by atoms with E-state index in [2.05, 4.69) is 5.32 Å². The maximum Gasteiger partial charge on any atom is 0.303 e. The molecular formula is C5H9NO3. The third-order valence-corrected chi connectivity index (χ3v) is 0.741. The van der Waals surface area contributed by atoms with Crippen LogP contribution >= 0.6 is 0 Å². The van der Waals surface area contributed by atoms with Gasteiger partial charge in [0.15, 0.2) is 0 Å². The minimum absolute atomic E-state index is 0.286. The Morgan fingerprint density at radius 1 is 1.78 bits per heavy atom. The van der Waals surface area contributed by atoms with Crippen molar-refractivity contribution >= 4 is 11.9 Å². The predicted octanol–water partition coefficient (Wildman–Crippen LogP) is -0.403. The Balaban J connectivity index is 3.68. The molecule has 0 rings (SSSR count). The summed E-state index contributed by atoms with van der Waals surface area (Å²) in [5, 5.41) is 10.4. The van der Waals surface area contributed by atoms with E-state index >= 15 is 0 Å². The number of hydrogen-bond donors (Lipinski definition) is 2. The molecule has 4 nitrogen and oxygen atoms in total. The molecule has 0 heterocycles. The maximum atomic E-state index is 10.4. The van der Waals surface area contributed by atoms with E-state index in [4.69, 9.17) is 6.48 Å². The SMILES string of the molecule is [3H]C(CC(=O)NC)C(=O)O. The third kappa shape index (κ3) is 4.80. The van der Waals surface area contributed by atoms with E-state index in [1.165, 1.54) is 7.05 Å². The summed E-state index contributed by atoms with van der Waals surface area (Å²) in [5.41, 5.74) is 0. The van der Waals surface area contributed by atoms with Crippen LogP contribution in [-0.4, -0.2) is 24.0 Å². The van der Waals surface area contributed by atoms with E-state index < -0.39 is 18.3 Å². The highest BCUT2D eigenvalue weighted by molar-refractivity contribution is 5.80. The van der Waals surface area contributed by atoms with Gasteiger partial charge in [-0.15, -0.1) is 0 Å². The van der Waals surface area contributed by atoms with Crippen molar-refractivity contribution < 1.29 is 16.1 Å². The molecule has 1 amide bonds. The summed E-state index contributed by atoms with van der Waals surface area (Å²) < 4.78 is 6.80. The van der Waals surface area contributed by atoms with E-state index in [0.717, 1.165) is 0 Å². The molecule has 0 aromatic heterocycles. The Morgan fingerprint density at radius 3 is 2.67 bits per heavy atom. The summed E-state index contributed by atoms with van der Waals surface area (Å²) in [7, 11) is 1.40. The highest BCUT2D eigenvalue weighted by Crippen LogP contribution is 1.86. The maximum absolute atomic E-state index is 10.4. The molecule has 52 valence electrons. The zero-order valence-electron chi connectivity index (χ0n) is 6.05. The van der Waals surface area contributed by atoms with Crippen LogP contribution in [0.3, 0.4) is 0 Å². The molecule has 4 heteroatoms. The lowest BCUT2D eigenvalue weighted by molar-refractivity contribution is -0.138. The molecular weight excluding hydrogens is 122 g/mol. The van der Waals surface area contributed by atoms with Gasteiger partial charge < -0.3 is 10.4 Å². The summed E-state index contributed by atoms with van der Waals surface area (Å²) in [6.45, 7) is 0. The molecule has 0 spiro atoms. The lowest BCUT2D eigenvalue weighted by Crippen LogP contribution is -2.18. The highest BCUT2D eigenvalue weighted by Gasteiger charge is 2.00. The van der Waals surface area contributed by atoms with Crippen molar-refractivity contribution in [3.05, 3.63) is 0 Å². The first-order chi connectivity index (χ1) is 4.57. The lowest BCUT2D eigenvalue weighted by atomic mass is 10.3. The van der Waals surface area contributed by atoms with Gasteiger partial charge in [0.2, 0.25) is 5.91 Å². The molecule has 0 aromatic rings. The second-order valence-corrected chi connectivity index (χ2v) is 1.42. The molecule has 0 saturated carbocycles. The molecule has 0 fully saturated rings. The molecule has 0 bridgehead atoms. The van der Waals surface area contributed by atoms with E-state index in [1.807, 2.05) is 0 Å². The Kier molecular flexibility index (Phi) is 2.62. The third-order valence-electron chi connectivity index (χ3n) is 0.741. The number of hydrogen-bond acceptors (Lipinski definition) is 2. The Hall–Kier alpha value is -1.06. The first-order valence-corrected chi connectivity index (χ1v) is 2.43. The zero-order valence-corrected chi connectivity index (χ0v) is 5.05. The summed E-state index contributed by atoms with van der Waals surface area (Å²) >= 11 is 0. The summed E-state index contributed by atoms with van der Waals surface area (Å²) in [5.74, 6) is -1.70. The number of nitrogens with one attached hydrogen (secondary N) is 1. The molecule has 1 atom stereocenters. The van der Waals surface area contributed by atoms with Crippen LogP contribution in [0.1, 0.15) is 14.2 Å². The average molecular weight is 133 g/mol. The van der Waals surface area contributed by atoms with Crippen LogP contribution in [0.2, 0.25) is 0 Å². The van der Waals surface area contributed by atoms with E-state index in [9.17, 15) is 9.59 Å². The van der Waals surface area contributed by atoms with Crippen molar-refractivity contribution in [2.75, 3.05) is 7.05 Å². The van der Waals surface area contributed by atoms with Gasteiger partial charge in [-0.2, -0.15) is 0 Å². The van der Waals surface area contributed by atoms with Gasteiger partial charge in [-0.25, -0.2) is 0 Å². The van der Waals surface area contributed by atoms with Gasteiger partial charge in [0, 0.05) is 14.8 Å². The highest BCUT2D eigenvalue weighted by atomic mass is 16.4. The molecule has 0 aromatic carbocycles. The van der Waals surface area contributed by atoms with Crippen molar-refractivity contribution in [3.63, 3.8) is 0 Å². The standard InChI is InChI=1S/C5H9NO3/c1-6-4(7)2-3-5(8)9/h2-3H2,1H3,(H,6,7)(H,8,9)/i3T. The zero-order chi connectivity index (χ0) is 8.15. The lowest BCUT2D eigenvalue weighted by Gasteiger charge is -1.93. The van der Waals surface area contributed by atoms with Crippen molar-refractivity contribution in [3.8, 4) is 0 Å². The number of carboxylic acid groups (broad SMARTS) is 1. The van der Waals surface area contributed by atoms with Crippen LogP contribution in [0, 0.1) is 0 Å². The molecule has 0 aliphatic carbocycles. The first kappa shape index (κ1) is 6.07. The summed E-state index contributed by atoms with van der Waals surface area (Å²) in [4.78, 5) is 20.4. The van der Waals surface area contributed by atoms with Gasteiger partial charge in [-0.3, -0.25) is 9.59 Å². The van der Waals surface area contributed by atoms with Gasteiger partial charge >= 0.3 is 5.97 Å². The molecule has 0 radical (unpaired) electrons. The molecule has 0 aliphatic heterocycles. The number of carbonyl (C=O) groups excluding carboxylic acids is 1. The van der Waals surface area contributed by atoms with E-state index in [-0.39, 0.29) is 6.42 Å². The second-order valence-electron chi connectivity index (χ2n) is 1.42. The molecule has 0 saturated heterocycles. The Bertz CT molecular complexity index is 148. The molecule has 0 aliphatic rings. The largest absolute Gasteiger partial charge is 0.481 e. The van der Waals surface area contributed by atoms with E-state index in [1.54, 1.807) is 0 Å². The summed E-state index contributed by atoms with van der Waals surface area (Å²) in [6, 6.07) is 0. The minimum Gasteiger partial charge on any atom is -0.481 e. The number of rotatable bonds is 3. The topological polar surface area (TPSA) is 66.4 Å². The van der Waals surface area contributed by atoms with Crippen molar-refractivity contribution in [1.29, 1.82) is 0 Å². The number of amides is 1. The quantitative estimate of drug-likeness (QED) is 0.550. The molecule has 9 heavy (non-hydrogen) atoms. The van der Waals surface area contributed by atoms with E-state index in [0.29, 0.717) is 0 Å². The van der Waals surface area contributed by atoms with Crippen LogP contribution in [0.15, 0.2) is 0 Å². The van der Waals surface area contributed by atoms with Gasteiger partial charge in [0.25, 0.3) is 0 Å². The van der Waals surface area contributed by atoms with Gasteiger partial charge in [-0.1, -0.05) is 0 Å². The van der Waals surface area contributed by atoms with Gasteiger partial charge in [-0.05, 0) is 0 Å². The minimum atomic E-state index is -1.35. The Labute approximate surface area is 54.3 Å². The van der Waals surface area contributed by atoms with Crippen LogP contribution in [0.5, 0.6) is 0 Å². The monoisotopic (exact) mass is 133 g/mol. The fraction of sp³-hybridized carbons (Fsp3) is 0.600. The molecule has 2 N–H and O–H groups in total. The average Bonchev–Trinajstić information content (AvgIpc) is 1.87. The predicted molar refractivity (Wildman–Crippen MR) is 30.9 cm³/mol. The number of carbonyl (C=O) groups is 2. The number of carboxylic acids is 1. The molecule has 1 unspecified atom stereocenters. The Morgan fingerprint density at radius 2 is 2.33 bits per heavy atom. The van der Waals surface area contributed by atoms with Gasteiger partial charge in [0.1, 0.15) is 0 Å². The van der Waals surface area contributed by atoms with Crippen molar-refractivity contribution in [1.82, 2.24) is 5.32 Å². The fourth-order valence-corrected chi connectivity index (χ4v) is 0.282. The van der Waals surface area contributed by atoms with Crippen molar-refractivity contribution in [2.24, 2.45) is 0 Å². The normalized spacial score (nSPS) is 13.7. The van der Waals surface area contributed by atoms with Crippen LogP contribution in [-0.2, 0) is 9.59 Å².